The molecule has 1 saturated heterocycles. The summed E-state index contributed by atoms with van der Waals surface area (Å²) in [6.45, 7) is 2.41. The predicted molar refractivity (Wildman–Crippen MR) is 94.0 cm³/mol. The molecule has 25 heavy (non-hydrogen) atoms. The lowest BCUT2D eigenvalue weighted by Gasteiger charge is -2.33. The molecule has 0 spiro atoms. The molecule has 1 heterocycles. The number of barbiturate groups is 1. The van der Waals surface area contributed by atoms with Gasteiger partial charge in [-0.3, -0.25) is 24.4 Å². The quantitative estimate of drug-likeness (QED) is 0.440. The SMILES string of the molecule is CCC(=NCCOc1ccc(Cl)cc1)C1C(=O)N(C)C(=O)N(C)C1=O. The van der Waals surface area contributed by atoms with Crippen molar-refractivity contribution >= 4 is 35.2 Å². The number of ether oxygens (including phenoxy) is 1. The molecular weight excluding hydrogens is 346 g/mol. The molecule has 0 saturated carbocycles. The average Bonchev–Trinajstić information content (AvgIpc) is 2.61. The number of benzene rings is 1. The van der Waals surface area contributed by atoms with Crippen molar-refractivity contribution in [3.63, 3.8) is 0 Å². The molecule has 1 aromatic rings. The van der Waals surface area contributed by atoms with Crippen LogP contribution in [0.1, 0.15) is 13.3 Å². The van der Waals surface area contributed by atoms with Crippen LogP contribution in [0.2, 0.25) is 5.02 Å². The summed E-state index contributed by atoms with van der Waals surface area (Å²) < 4.78 is 5.55. The minimum atomic E-state index is -1.05. The summed E-state index contributed by atoms with van der Waals surface area (Å²) in [6.07, 6.45) is 0.430. The maximum absolute atomic E-state index is 12.3. The van der Waals surface area contributed by atoms with Gasteiger partial charge < -0.3 is 4.74 Å². The minimum Gasteiger partial charge on any atom is -0.492 e. The van der Waals surface area contributed by atoms with Gasteiger partial charge in [0.05, 0.1) is 6.54 Å². The van der Waals surface area contributed by atoms with E-state index in [1.54, 1.807) is 24.3 Å². The molecule has 1 aromatic carbocycles. The monoisotopic (exact) mass is 365 g/mol. The zero-order valence-electron chi connectivity index (χ0n) is 14.4. The van der Waals surface area contributed by atoms with Crippen molar-refractivity contribution in [2.45, 2.75) is 13.3 Å². The van der Waals surface area contributed by atoms with Gasteiger partial charge in [0, 0.05) is 24.8 Å². The average molecular weight is 366 g/mol. The Labute approximate surface area is 151 Å². The number of halogens is 1. The summed E-state index contributed by atoms with van der Waals surface area (Å²) in [4.78, 5) is 42.7. The molecule has 0 bridgehead atoms. The van der Waals surface area contributed by atoms with E-state index in [-0.39, 0.29) is 0 Å². The smallest absolute Gasteiger partial charge is 0.332 e. The predicted octanol–water partition coefficient (Wildman–Crippen LogP) is 2.24. The van der Waals surface area contributed by atoms with Gasteiger partial charge in [0.2, 0.25) is 11.8 Å². The lowest BCUT2D eigenvalue weighted by molar-refractivity contribution is -0.144. The molecule has 134 valence electrons. The number of imide groups is 2. The number of rotatable bonds is 6. The first-order chi connectivity index (χ1) is 11.9. The lowest BCUT2D eigenvalue weighted by Crippen LogP contribution is -2.58. The number of aliphatic imine (C=N–C) groups is 1. The molecule has 0 N–H and O–H groups in total. The Morgan fingerprint density at radius 1 is 1.12 bits per heavy atom. The second-order valence-corrected chi connectivity index (χ2v) is 5.98. The topological polar surface area (TPSA) is 79.3 Å². The highest BCUT2D eigenvalue weighted by molar-refractivity contribution is 6.30. The van der Waals surface area contributed by atoms with Crippen molar-refractivity contribution in [1.82, 2.24) is 9.80 Å². The molecular formula is C17H20ClN3O4. The first-order valence-electron chi connectivity index (χ1n) is 7.87. The van der Waals surface area contributed by atoms with Crippen LogP contribution in [-0.4, -0.2) is 60.6 Å². The highest BCUT2D eigenvalue weighted by Gasteiger charge is 2.44. The number of nitrogens with zero attached hydrogens (tertiary/aromatic N) is 3. The van der Waals surface area contributed by atoms with E-state index in [0.717, 1.165) is 9.80 Å². The minimum absolute atomic E-state index is 0.296. The summed E-state index contributed by atoms with van der Waals surface area (Å²) in [5.41, 5.74) is 0.445. The van der Waals surface area contributed by atoms with Crippen LogP contribution in [0.5, 0.6) is 5.75 Å². The number of amides is 4. The van der Waals surface area contributed by atoms with E-state index < -0.39 is 23.8 Å². The Morgan fingerprint density at radius 3 is 2.20 bits per heavy atom. The summed E-state index contributed by atoms with van der Waals surface area (Å²) in [7, 11) is 2.72. The van der Waals surface area contributed by atoms with Gasteiger partial charge in [-0.15, -0.1) is 0 Å². The zero-order valence-corrected chi connectivity index (χ0v) is 15.1. The fraction of sp³-hybridized carbons (Fsp3) is 0.412. The standard InChI is InChI=1S/C17H20ClN3O4/c1-4-13(14-15(22)20(2)17(24)21(3)16(14)23)19-9-10-25-12-7-5-11(18)6-8-12/h5-8,14H,4,9-10H2,1-3H3. The lowest BCUT2D eigenvalue weighted by atomic mass is 9.96. The second-order valence-electron chi connectivity index (χ2n) is 5.54. The maximum atomic E-state index is 12.3. The number of hydrogen-bond acceptors (Lipinski definition) is 5. The molecule has 8 heteroatoms. The van der Waals surface area contributed by atoms with E-state index in [1.165, 1.54) is 14.1 Å². The van der Waals surface area contributed by atoms with Crippen LogP contribution >= 0.6 is 11.6 Å². The third-order valence-corrected chi connectivity index (χ3v) is 4.16. The molecule has 0 unspecified atom stereocenters. The van der Waals surface area contributed by atoms with Gasteiger partial charge in [-0.1, -0.05) is 18.5 Å². The third kappa shape index (κ3) is 4.17. The van der Waals surface area contributed by atoms with E-state index in [1.807, 2.05) is 6.92 Å². The summed E-state index contributed by atoms with van der Waals surface area (Å²) in [5.74, 6) is -1.49. The summed E-state index contributed by atoms with van der Waals surface area (Å²) in [5, 5.41) is 0.621. The third-order valence-electron chi connectivity index (χ3n) is 3.91. The Bertz CT molecular complexity index is 678. The van der Waals surface area contributed by atoms with Crippen molar-refractivity contribution in [1.29, 1.82) is 0 Å². The van der Waals surface area contributed by atoms with Gasteiger partial charge in [-0.25, -0.2) is 4.79 Å². The second kappa shape index (κ2) is 8.11. The number of carbonyl (C=O) groups excluding carboxylic acids is 3. The molecule has 0 radical (unpaired) electrons. The summed E-state index contributed by atoms with van der Waals surface area (Å²) >= 11 is 5.81. The number of urea groups is 1. The van der Waals surface area contributed by atoms with E-state index in [9.17, 15) is 14.4 Å². The Morgan fingerprint density at radius 2 is 1.68 bits per heavy atom. The van der Waals surface area contributed by atoms with Gasteiger partial charge in [0.15, 0.2) is 5.92 Å². The van der Waals surface area contributed by atoms with Crippen molar-refractivity contribution in [3.8, 4) is 5.75 Å². The van der Waals surface area contributed by atoms with E-state index in [2.05, 4.69) is 4.99 Å². The van der Waals surface area contributed by atoms with Crippen LogP contribution in [-0.2, 0) is 9.59 Å². The highest BCUT2D eigenvalue weighted by atomic mass is 35.5. The zero-order chi connectivity index (χ0) is 18.6. The fourth-order valence-corrected chi connectivity index (χ4v) is 2.61. The van der Waals surface area contributed by atoms with E-state index >= 15 is 0 Å². The first kappa shape index (κ1) is 18.9. The molecule has 4 amide bonds. The molecule has 0 aromatic heterocycles. The van der Waals surface area contributed by atoms with Crippen LogP contribution in [0.4, 0.5) is 4.79 Å². The molecule has 7 nitrogen and oxygen atoms in total. The first-order valence-corrected chi connectivity index (χ1v) is 8.25. The number of hydrogen-bond donors (Lipinski definition) is 0. The van der Waals surface area contributed by atoms with E-state index in [4.69, 9.17) is 16.3 Å². The van der Waals surface area contributed by atoms with Gasteiger partial charge in [0.25, 0.3) is 0 Å². The van der Waals surface area contributed by atoms with Gasteiger partial charge in [-0.2, -0.15) is 0 Å². The van der Waals surface area contributed by atoms with Gasteiger partial charge >= 0.3 is 6.03 Å². The van der Waals surface area contributed by atoms with Crippen LogP contribution < -0.4 is 4.74 Å². The number of carbonyl (C=O) groups is 3. The van der Waals surface area contributed by atoms with Gasteiger partial charge in [-0.05, 0) is 30.7 Å². The van der Waals surface area contributed by atoms with Crippen LogP contribution in [0.3, 0.4) is 0 Å². The van der Waals surface area contributed by atoms with E-state index in [0.29, 0.717) is 36.1 Å². The maximum Gasteiger partial charge on any atom is 0.332 e. The van der Waals surface area contributed by atoms with Crippen LogP contribution in [0, 0.1) is 5.92 Å². The van der Waals surface area contributed by atoms with Gasteiger partial charge in [0.1, 0.15) is 12.4 Å². The summed E-state index contributed by atoms with van der Waals surface area (Å²) in [6, 6.07) is 6.31. The highest BCUT2D eigenvalue weighted by Crippen LogP contribution is 2.19. The molecule has 0 aliphatic carbocycles. The molecule has 0 atom stereocenters. The van der Waals surface area contributed by atoms with Crippen molar-refractivity contribution in [2.24, 2.45) is 10.9 Å². The van der Waals surface area contributed by atoms with Crippen LogP contribution in [0.25, 0.3) is 0 Å². The fourth-order valence-electron chi connectivity index (χ4n) is 2.48. The molecule has 1 fully saturated rings. The Balaban J connectivity index is 2.03. The molecule has 1 aliphatic heterocycles. The molecule has 2 rings (SSSR count). The normalized spacial score (nSPS) is 16.6. The molecule has 1 aliphatic rings. The van der Waals surface area contributed by atoms with Crippen molar-refractivity contribution in [2.75, 3.05) is 27.2 Å². The van der Waals surface area contributed by atoms with Crippen molar-refractivity contribution in [3.05, 3.63) is 29.3 Å². The largest absolute Gasteiger partial charge is 0.492 e. The Kier molecular flexibility index (Phi) is 6.14. The van der Waals surface area contributed by atoms with Crippen LogP contribution in [0.15, 0.2) is 29.3 Å². The Hall–Kier alpha value is -2.41. The van der Waals surface area contributed by atoms with Crippen molar-refractivity contribution < 1.29 is 19.1 Å².